The molecule has 0 aliphatic rings. The number of furan rings is 1. The van der Waals surface area contributed by atoms with Gasteiger partial charge in [0.1, 0.15) is 17.1 Å². The van der Waals surface area contributed by atoms with Gasteiger partial charge in [0.25, 0.3) is 11.8 Å². The lowest BCUT2D eigenvalue weighted by Crippen LogP contribution is -2.34. The van der Waals surface area contributed by atoms with Gasteiger partial charge in [-0.05, 0) is 44.2 Å². The molecule has 30 heavy (non-hydrogen) atoms. The minimum atomic E-state index is -0.804. The number of methoxy groups -OCH3 is 1. The molecule has 0 radical (unpaired) electrons. The molecule has 3 aromatic rings. The number of nitrogens with one attached hydrogen (secondary N) is 1. The maximum Gasteiger partial charge on any atom is 0.375 e. The number of carbonyl (C=O) groups excluding carboxylic acids is 3. The SMILES string of the molecule is CCOc1ccc2oc(C(=O)OCC(=O)NC(=O)c3ccccc3OC)c(C)c2c1. The van der Waals surface area contributed by atoms with Gasteiger partial charge in [0.05, 0.1) is 19.3 Å². The minimum Gasteiger partial charge on any atom is -0.496 e. The topological polar surface area (TPSA) is 104 Å². The highest BCUT2D eigenvalue weighted by atomic mass is 16.5. The van der Waals surface area contributed by atoms with Crippen LogP contribution in [0.5, 0.6) is 11.5 Å². The van der Waals surface area contributed by atoms with Crippen LogP contribution in [-0.4, -0.2) is 38.1 Å². The first kappa shape index (κ1) is 20.9. The average Bonchev–Trinajstić information content (AvgIpc) is 3.08. The van der Waals surface area contributed by atoms with Crippen LogP contribution in [0.2, 0.25) is 0 Å². The molecule has 2 aromatic carbocycles. The Morgan fingerprint density at radius 3 is 2.60 bits per heavy atom. The summed E-state index contributed by atoms with van der Waals surface area (Å²) in [5, 5.41) is 2.87. The Bertz CT molecular complexity index is 1100. The number of hydrogen-bond acceptors (Lipinski definition) is 7. The summed E-state index contributed by atoms with van der Waals surface area (Å²) in [6, 6.07) is 11.7. The van der Waals surface area contributed by atoms with Crippen molar-refractivity contribution >= 4 is 28.8 Å². The second kappa shape index (κ2) is 9.13. The monoisotopic (exact) mass is 411 g/mol. The highest BCUT2D eigenvalue weighted by Crippen LogP contribution is 2.29. The fourth-order valence-corrected chi connectivity index (χ4v) is 2.91. The van der Waals surface area contributed by atoms with Crippen LogP contribution in [0.25, 0.3) is 11.0 Å². The predicted molar refractivity (Wildman–Crippen MR) is 108 cm³/mol. The van der Waals surface area contributed by atoms with E-state index in [9.17, 15) is 14.4 Å². The number of ether oxygens (including phenoxy) is 3. The molecule has 2 amide bonds. The maximum atomic E-state index is 12.4. The summed E-state index contributed by atoms with van der Waals surface area (Å²) >= 11 is 0. The van der Waals surface area contributed by atoms with Crippen molar-refractivity contribution in [2.45, 2.75) is 13.8 Å². The summed E-state index contributed by atoms with van der Waals surface area (Å²) < 4.78 is 21.1. The molecule has 0 aliphatic carbocycles. The van der Waals surface area contributed by atoms with E-state index in [-0.39, 0.29) is 11.3 Å². The fraction of sp³-hybridized carbons (Fsp3) is 0.227. The summed E-state index contributed by atoms with van der Waals surface area (Å²) in [6.45, 7) is 3.46. The van der Waals surface area contributed by atoms with E-state index in [1.807, 2.05) is 6.92 Å². The standard InChI is InChI=1S/C22H21NO7/c1-4-28-14-9-10-18-16(11-14)13(2)20(30-18)22(26)29-12-19(24)23-21(25)15-7-5-6-8-17(15)27-3/h5-11H,4,12H2,1-3H3,(H,23,24,25). The van der Waals surface area contributed by atoms with Crippen LogP contribution in [0, 0.1) is 6.92 Å². The van der Waals surface area contributed by atoms with Crippen molar-refractivity contribution in [1.82, 2.24) is 5.32 Å². The van der Waals surface area contributed by atoms with E-state index in [2.05, 4.69) is 5.32 Å². The molecule has 156 valence electrons. The van der Waals surface area contributed by atoms with Crippen molar-refractivity contribution in [2.24, 2.45) is 0 Å². The number of benzene rings is 2. The third kappa shape index (κ3) is 4.43. The highest BCUT2D eigenvalue weighted by Gasteiger charge is 2.21. The summed E-state index contributed by atoms with van der Waals surface area (Å²) in [5.74, 6) is -1.26. The van der Waals surface area contributed by atoms with Crippen molar-refractivity contribution < 1.29 is 33.0 Å². The first-order chi connectivity index (χ1) is 14.4. The third-order valence-corrected chi connectivity index (χ3v) is 4.34. The number of hydrogen-bond donors (Lipinski definition) is 1. The van der Waals surface area contributed by atoms with Crippen LogP contribution in [-0.2, 0) is 9.53 Å². The first-order valence-electron chi connectivity index (χ1n) is 9.24. The van der Waals surface area contributed by atoms with Gasteiger partial charge in [-0.3, -0.25) is 14.9 Å². The summed E-state index contributed by atoms with van der Waals surface area (Å²) in [5.41, 5.74) is 1.26. The largest absolute Gasteiger partial charge is 0.496 e. The summed E-state index contributed by atoms with van der Waals surface area (Å²) in [6.07, 6.45) is 0. The van der Waals surface area contributed by atoms with Gasteiger partial charge in [-0.15, -0.1) is 0 Å². The van der Waals surface area contributed by atoms with Crippen LogP contribution in [0.15, 0.2) is 46.9 Å². The fourth-order valence-electron chi connectivity index (χ4n) is 2.91. The quantitative estimate of drug-likeness (QED) is 0.595. The van der Waals surface area contributed by atoms with Gasteiger partial charge >= 0.3 is 5.97 Å². The number of aryl methyl sites for hydroxylation is 1. The third-order valence-electron chi connectivity index (χ3n) is 4.34. The van der Waals surface area contributed by atoms with Gasteiger partial charge in [-0.1, -0.05) is 12.1 Å². The van der Waals surface area contributed by atoms with Crippen LogP contribution in [0.4, 0.5) is 0 Å². The smallest absolute Gasteiger partial charge is 0.375 e. The molecule has 1 aromatic heterocycles. The van der Waals surface area contributed by atoms with Gasteiger partial charge in [0.2, 0.25) is 5.76 Å². The van der Waals surface area contributed by atoms with Gasteiger partial charge in [0.15, 0.2) is 6.61 Å². The average molecular weight is 411 g/mol. The molecule has 1 N–H and O–H groups in total. The Morgan fingerprint density at radius 2 is 1.87 bits per heavy atom. The Labute approximate surface area is 172 Å². The molecule has 0 aliphatic heterocycles. The maximum absolute atomic E-state index is 12.4. The van der Waals surface area contributed by atoms with E-state index < -0.39 is 24.4 Å². The molecule has 0 bridgehead atoms. The van der Waals surface area contributed by atoms with Gasteiger partial charge in [-0.2, -0.15) is 0 Å². The van der Waals surface area contributed by atoms with Crippen LogP contribution < -0.4 is 14.8 Å². The highest BCUT2D eigenvalue weighted by molar-refractivity contribution is 6.07. The molecule has 0 atom stereocenters. The zero-order chi connectivity index (χ0) is 21.7. The molecule has 0 spiro atoms. The number of carbonyl (C=O) groups is 3. The number of rotatable bonds is 7. The molecule has 3 rings (SSSR count). The predicted octanol–water partition coefficient (Wildman–Crippen LogP) is 3.26. The number of amides is 2. The summed E-state index contributed by atoms with van der Waals surface area (Å²) in [7, 11) is 1.42. The van der Waals surface area contributed by atoms with E-state index >= 15 is 0 Å². The lowest BCUT2D eigenvalue weighted by atomic mass is 10.1. The molecule has 8 heteroatoms. The number of fused-ring (bicyclic) bond motifs is 1. The van der Waals surface area contributed by atoms with Crippen molar-refractivity contribution in [3.63, 3.8) is 0 Å². The Balaban J connectivity index is 1.64. The molecule has 0 saturated carbocycles. The van der Waals surface area contributed by atoms with Crippen LogP contribution in [0.3, 0.4) is 0 Å². The molecular weight excluding hydrogens is 390 g/mol. The second-order valence-electron chi connectivity index (χ2n) is 6.30. The van der Waals surface area contributed by atoms with Crippen LogP contribution >= 0.6 is 0 Å². The van der Waals surface area contributed by atoms with E-state index in [0.29, 0.717) is 34.6 Å². The molecule has 0 saturated heterocycles. The van der Waals surface area contributed by atoms with E-state index in [4.69, 9.17) is 18.6 Å². The van der Waals surface area contributed by atoms with Gasteiger partial charge in [0, 0.05) is 10.9 Å². The first-order valence-corrected chi connectivity index (χ1v) is 9.24. The molecular formula is C22H21NO7. The van der Waals surface area contributed by atoms with Crippen molar-refractivity contribution in [2.75, 3.05) is 20.3 Å². The summed E-state index contributed by atoms with van der Waals surface area (Å²) in [4.78, 5) is 36.6. The van der Waals surface area contributed by atoms with E-state index in [0.717, 1.165) is 0 Å². The van der Waals surface area contributed by atoms with Crippen LogP contribution in [0.1, 0.15) is 33.4 Å². The zero-order valence-electron chi connectivity index (χ0n) is 16.8. The minimum absolute atomic E-state index is 0.0116. The Hall–Kier alpha value is -3.81. The molecule has 0 fully saturated rings. The molecule has 0 unspecified atom stereocenters. The molecule has 8 nitrogen and oxygen atoms in total. The lowest BCUT2D eigenvalue weighted by Gasteiger charge is -2.08. The van der Waals surface area contributed by atoms with Gasteiger partial charge in [-0.25, -0.2) is 4.79 Å². The van der Waals surface area contributed by atoms with E-state index in [1.165, 1.54) is 13.2 Å². The normalized spacial score (nSPS) is 10.5. The Morgan fingerprint density at radius 1 is 1.10 bits per heavy atom. The number of imide groups is 1. The lowest BCUT2D eigenvalue weighted by molar-refractivity contribution is -0.123. The zero-order valence-corrected chi connectivity index (χ0v) is 16.8. The second-order valence-corrected chi connectivity index (χ2v) is 6.30. The number of esters is 1. The van der Waals surface area contributed by atoms with Crippen molar-refractivity contribution in [3.05, 3.63) is 59.4 Å². The van der Waals surface area contributed by atoms with Crippen molar-refractivity contribution in [3.8, 4) is 11.5 Å². The van der Waals surface area contributed by atoms with E-state index in [1.54, 1.807) is 43.3 Å². The number of para-hydroxylation sites is 1. The Kier molecular flexibility index (Phi) is 6.36. The van der Waals surface area contributed by atoms with Gasteiger partial charge < -0.3 is 18.6 Å². The van der Waals surface area contributed by atoms with Crippen molar-refractivity contribution in [1.29, 1.82) is 0 Å². The molecule has 1 heterocycles.